The predicted molar refractivity (Wildman–Crippen MR) is 57.0 cm³/mol. The van der Waals surface area contributed by atoms with Crippen molar-refractivity contribution >= 4 is 11.4 Å². The van der Waals surface area contributed by atoms with Gasteiger partial charge in [-0.15, -0.1) is 0 Å². The van der Waals surface area contributed by atoms with Gasteiger partial charge in [0, 0.05) is 11.5 Å². The first kappa shape index (κ1) is 9.47. The van der Waals surface area contributed by atoms with Gasteiger partial charge in [-0.1, -0.05) is 25.7 Å². The fourth-order valence-corrected chi connectivity index (χ4v) is 0.880. The monoisotopic (exact) mass is 174 g/mol. The lowest BCUT2D eigenvalue weighted by molar-refractivity contribution is 0.866. The maximum absolute atomic E-state index is 5.63. The second-order valence-electron chi connectivity index (χ2n) is 3.27. The molecule has 68 valence electrons. The minimum absolute atomic E-state index is 0.374. The van der Waals surface area contributed by atoms with Gasteiger partial charge in [0.15, 0.2) is 0 Å². The molecule has 0 amide bonds. The van der Waals surface area contributed by atoms with Gasteiger partial charge < -0.3 is 11.5 Å². The molecule has 2 nitrogen and oxygen atoms in total. The molecule has 0 atom stereocenters. The highest BCUT2D eigenvalue weighted by molar-refractivity contribution is 5.65. The van der Waals surface area contributed by atoms with Gasteiger partial charge in [0.1, 0.15) is 0 Å². The van der Waals surface area contributed by atoms with Crippen LogP contribution in [-0.2, 0) is 0 Å². The van der Waals surface area contributed by atoms with Crippen molar-refractivity contribution in [1.29, 1.82) is 0 Å². The normalized spacial score (nSPS) is 9.46. The lowest BCUT2D eigenvalue weighted by Gasteiger charge is -1.99. The van der Waals surface area contributed by atoms with Crippen LogP contribution in [0.2, 0.25) is 0 Å². The largest absolute Gasteiger partial charge is 0.397 e. The summed E-state index contributed by atoms with van der Waals surface area (Å²) >= 11 is 0. The summed E-state index contributed by atoms with van der Waals surface area (Å²) in [5.74, 6) is 6.46. The molecule has 0 aromatic heterocycles. The van der Waals surface area contributed by atoms with E-state index in [2.05, 4.69) is 11.8 Å². The van der Waals surface area contributed by atoms with Crippen LogP contribution in [0.1, 0.15) is 19.4 Å². The predicted octanol–water partition coefficient (Wildman–Crippen LogP) is 1.86. The van der Waals surface area contributed by atoms with Gasteiger partial charge in [0.2, 0.25) is 0 Å². The number of rotatable bonds is 0. The molecule has 0 aliphatic carbocycles. The Bertz CT molecular complexity index is 356. The van der Waals surface area contributed by atoms with Gasteiger partial charge in [0.05, 0.1) is 11.4 Å². The van der Waals surface area contributed by atoms with E-state index in [4.69, 9.17) is 11.5 Å². The lowest BCUT2D eigenvalue weighted by atomic mass is 10.1. The van der Waals surface area contributed by atoms with Crippen molar-refractivity contribution in [3.63, 3.8) is 0 Å². The molecule has 13 heavy (non-hydrogen) atoms. The maximum Gasteiger partial charge on any atom is 0.0560 e. The highest BCUT2D eigenvalue weighted by Crippen LogP contribution is 2.15. The third-order valence-electron chi connectivity index (χ3n) is 1.59. The van der Waals surface area contributed by atoms with Crippen LogP contribution in [0, 0.1) is 17.8 Å². The average molecular weight is 174 g/mol. The Morgan fingerprint density at radius 2 is 1.85 bits per heavy atom. The maximum atomic E-state index is 5.63. The third kappa shape index (κ3) is 2.72. The summed E-state index contributed by atoms with van der Waals surface area (Å²) in [4.78, 5) is 0. The van der Waals surface area contributed by atoms with E-state index in [1.807, 2.05) is 19.9 Å². The minimum atomic E-state index is 0.374. The van der Waals surface area contributed by atoms with E-state index in [0.29, 0.717) is 17.3 Å². The van der Waals surface area contributed by atoms with E-state index >= 15 is 0 Å². The molecule has 0 aliphatic heterocycles. The Morgan fingerprint density at radius 3 is 2.38 bits per heavy atom. The zero-order valence-corrected chi connectivity index (χ0v) is 7.96. The first-order valence-corrected chi connectivity index (χ1v) is 4.26. The SMILES string of the molecule is CC(C)C#Cc1ccc(N)c(N)c1. The zero-order valence-electron chi connectivity index (χ0n) is 7.96. The quantitative estimate of drug-likeness (QED) is 0.466. The Morgan fingerprint density at radius 1 is 1.15 bits per heavy atom. The molecule has 0 heterocycles. The molecule has 0 unspecified atom stereocenters. The number of hydrogen-bond donors (Lipinski definition) is 2. The molecule has 1 rings (SSSR count). The van der Waals surface area contributed by atoms with Crippen LogP contribution in [-0.4, -0.2) is 0 Å². The van der Waals surface area contributed by atoms with E-state index in [0.717, 1.165) is 5.56 Å². The van der Waals surface area contributed by atoms with Crippen molar-refractivity contribution in [2.75, 3.05) is 11.5 Å². The number of nitrogens with two attached hydrogens (primary N) is 2. The average Bonchev–Trinajstić information content (AvgIpc) is 2.07. The molecule has 4 N–H and O–H groups in total. The molecule has 2 heteroatoms. The minimum Gasteiger partial charge on any atom is -0.397 e. The van der Waals surface area contributed by atoms with Gasteiger partial charge in [0.25, 0.3) is 0 Å². The molecule has 0 bridgehead atoms. The van der Waals surface area contributed by atoms with Gasteiger partial charge in [-0.25, -0.2) is 0 Å². The Balaban J connectivity index is 2.94. The smallest absolute Gasteiger partial charge is 0.0560 e. The van der Waals surface area contributed by atoms with Crippen molar-refractivity contribution in [2.45, 2.75) is 13.8 Å². The molecule has 0 saturated heterocycles. The van der Waals surface area contributed by atoms with Gasteiger partial charge in [-0.2, -0.15) is 0 Å². The van der Waals surface area contributed by atoms with E-state index in [-0.39, 0.29) is 0 Å². The van der Waals surface area contributed by atoms with Crippen LogP contribution in [0.3, 0.4) is 0 Å². The second kappa shape index (κ2) is 3.86. The number of hydrogen-bond acceptors (Lipinski definition) is 2. The fourth-order valence-electron chi connectivity index (χ4n) is 0.880. The van der Waals surface area contributed by atoms with E-state index < -0.39 is 0 Å². The van der Waals surface area contributed by atoms with E-state index in [1.54, 1.807) is 12.1 Å². The molecule has 1 aromatic carbocycles. The first-order valence-electron chi connectivity index (χ1n) is 4.26. The van der Waals surface area contributed by atoms with Crippen LogP contribution in [0.15, 0.2) is 18.2 Å². The van der Waals surface area contributed by atoms with Gasteiger partial charge >= 0.3 is 0 Å². The number of benzene rings is 1. The Labute approximate surface area is 78.9 Å². The third-order valence-corrected chi connectivity index (χ3v) is 1.59. The van der Waals surface area contributed by atoms with Gasteiger partial charge in [-0.3, -0.25) is 0 Å². The molecule has 0 spiro atoms. The fraction of sp³-hybridized carbons (Fsp3) is 0.273. The van der Waals surface area contributed by atoms with Gasteiger partial charge in [-0.05, 0) is 18.2 Å². The van der Waals surface area contributed by atoms with E-state index in [9.17, 15) is 0 Å². The molecule has 0 fully saturated rings. The van der Waals surface area contributed by atoms with Crippen molar-refractivity contribution in [3.05, 3.63) is 23.8 Å². The lowest BCUT2D eigenvalue weighted by Crippen LogP contribution is -1.94. The van der Waals surface area contributed by atoms with Crippen LogP contribution < -0.4 is 11.5 Å². The van der Waals surface area contributed by atoms with Crippen LogP contribution in [0.4, 0.5) is 11.4 Å². The standard InChI is InChI=1S/C11H14N2/c1-8(2)3-4-9-5-6-10(12)11(13)7-9/h5-8H,12-13H2,1-2H3. The number of nitrogen functional groups attached to an aromatic ring is 2. The van der Waals surface area contributed by atoms with Crippen molar-refractivity contribution in [3.8, 4) is 11.8 Å². The molecule has 1 aromatic rings. The summed E-state index contributed by atoms with van der Waals surface area (Å²) < 4.78 is 0. The summed E-state index contributed by atoms with van der Waals surface area (Å²) in [6.07, 6.45) is 0. The summed E-state index contributed by atoms with van der Waals surface area (Å²) in [5, 5.41) is 0. The van der Waals surface area contributed by atoms with Crippen molar-refractivity contribution in [2.24, 2.45) is 5.92 Å². The Kier molecular flexibility index (Phi) is 2.81. The van der Waals surface area contributed by atoms with Crippen LogP contribution >= 0.6 is 0 Å². The summed E-state index contributed by atoms with van der Waals surface area (Å²) in [7, 11) is 0. The van der Waals surface area contributed by atoms with Crippen molar-refractivity contribution < 1.29 is 0 Å². The Hall–Kier alpha value is -1.62. The topological polar surface area (TPSA) is 52.0 Å². The highest BCUT2D eigenvalue weighted by Gasteiger charge is 1.93. The molecular weight excluding hydrogens is 160 g/mol. The molecule has 0 saturated carbocycles. The molecule has 0 radical (unpaired) electrons. The van der Waals surface area contributed by atoms with Crippen LogP contribution in [0.25, 0.3) is 0 Å². The molecule has 0 aliphatic rings. The second-order valence-corrected chi connectivity index (χ2v) is 3.27. The van der Waals surface area contributed by atoms with Crippen LogP contribution in [0.5, 0.6) is 0 Å². The highest BCUT2D eigenvalue weighted by atomic mass is 14.7. The summed E-state index contributed by atoms with van der Waals surface area (Å²) in [5.41, 5.74) is 13.3. The summed E-state index contributed by atoms with van der Waals surface area (Å²) in [6, 6.07) is 5.45. The van der Waals surface area contributed by atoms with E-state index in [1.165, 1.54) is 0 Å². The number of anilines is 2. The zero-order chi connectivity index (χ0) is 9.84. The van der Waals surface area contributed by atoms with Crippen molar-refractivity contribution in [1.82, 2.24) is 0 Å². The first-order chi connectivity index (χ1) is 6.09. The summed E-state index contributed by atoms with van der Waals surface area (Å²) in [6.45, 7) is 4.10. The molecular formula is C11H14N2.